The number of rotatable bonds is 4. The van der Waals surface area contributed by atoms with Crippen LogP contribution in [0.3, 0.4) is 0 Å². The van der Waals surface area contributed by atoms with Crippen LogP contribution >= 0.6 is 0 Å². The van der Waals surface area contributed by atoms with Crippen LogP contribution in [0.2, 0.25) is 0 Å². The number of carbonyl (C=O) groups excluding carboxylic acids is 1. The van der Waals surface area contributed by atoms with Gasteiger partial charge in [0.25, 0.3) is 0 Å². The van der Waals surface area contributed by atoms with Gasteiger partial charge < -0.3 is 24.2 Å². The summed E-state index contributed by atoms with van der Waals surface area (Å²) in [5.74, 6) is 2.41. The van der Waals surface area contributed by atoms with Gasteiger partial charge in [-0.15, -0.1) is 0 Å². The lowest BCUT2D eigenvalue weighted by Gasteiger charge is -2.17. The molecule has 1 fully saturated rings. The van der Waals surface area contributed by atoms with Crippen molar-refractivity contribution in [3.05, 3.63) is 47.5 Å². The minimum atomic E-state index is 0.0766. The summed E-state index contributed by atoms with van der Waals surface area (Å²) >= 11 is 0. The Kier molecular flexibility index (Phi) is 4.32. The first-order valence-electron chi connectivity index (χ1n) is 8.67. The lowest BCUT2D eigenvalue weighted by molar-refractivity contribution is -0.129. The number of likely N-dealkylation sites (tertiary alicyclic amines) is 1. The van der Waals surface area contributed by atoms with Gasteiger partial charge in [-0.2, -0.15) is 0 Å². The molecule has 0 aliphatic carbocycles. The number of carbonyl (C=O) groups is 1. The first-order valence-corrected chi connectivity index (χ1v) is 8.67. The maximum Gasteiger partial charge on any atom is 0.231 e. The molecule has 6 nitrogen and oxygen atoms in total. The molecular weight excluding hydrogens is 334 g/mol. The molecule has 2 aromatic rings. The standard InChI is InChI=1S/C20H21NO5/c1-24-18-8-13(2-4-16(18)22)9-20(23)21-7-6-15(11-21)14-3-5-17-19(10-14)26-12-25-17/h2-5,8,10,15,22H,6-7,9,11-12H2,1H3. The lowest BCUT2D eigenvalue weighted by atomic mass is 9.98. The van der Waals surface area contributed by atoms with Crippen LogP contribution < -0.4 is 14.2 Å². The van der Waals surface area contributed by atoms with Gasteiger partial charge in [0.05, 0.1) is 13.5 Å². The molecule has 0 aromatic heterocycles. The molecule has 1 atom stereocenters. The summed E-state index contributed by atoms with van der Waals surface area (Å²) in [6.07, 6.45) is 1.23. The first kappa shape index (κ1) is 16.6. The molecule has 2 heterocycles. The Labute approximate surface area is 151 Å². The fraction of sp³-hybridized carbons (Fsp3) is 0.350. The molecule has 2 aliphatic rings. The Morgan fingerprint density at radius 3 is 2.92 bits per heavy atom. The second kappa shape index (κ2) is 6.78. The number of methoxy groups -OCH3 is 1. The van der Waals surface area contributed by atoms with Crippen molar-refractivity contribution in [2.45, 2.75) is 18.8 Å². The largest absolute Gasteiger partial charge is 0.504 e. The van der Waals surface area contributed by atoms with Gasteiger partial charge in [0.2, 0.25) is 12.7 Å². The van der Waals surface area contributed by atoms with E-state index in [2.05, 4.69) is 6.07 Å². The van der Waals surface area contributed by atoms with Gasteiger partial charge in [0.1, 0.15) is 0 Å². The van der Waals surface area contributed by atoms with Crippen LogP contribution in [0.1, 0.15) is 23.5 Å². The highest BCUT2D eigenvalue weighted by molar-refractivity contribution is 5.79. The molecule has 136 valence electrons. The monoisotopic (exact) mass is 355 g/mol. The van der Waals surface area contributed by atoms with Crippen LogP contribution in [-0.2, 0) is 11.2 Å². The van der Waals surface area contributed by atoms with Crippen molar-refractivity contribution >= 4 is 5.91 Å². The van der Waals surface area contributed by atoms with Gasteiger partial charge in [-0.25, -0.2) is 0 Å². The summed E-state index contributed by atoms with van der Waals surface area (Å²) in [4.78, 5) is 14.5. The molecule has 1 N–H and O–H groups in total. The van der Waals surface area contributed by atoms with Gasteiger partial charge >= 0.3 is 0 Å². The zero-order valence-electron chi connectivity index (χ0n) is 14.6. The number of phenolic OH excluding ortho intramolecular Hbond substituents is 1. The van der Waals surface area contributed by atoms with E-state index in [0.717, 1.165) is 30.0 Å². The van der Waals surface area contributed by atoms with Crippen LogP contribution in [0.15, 0.2) is 36.4 Å². The number of benzene rings is 2. The molecular formula is C20H21NO5. The number of nitrogens with zero attached hydrogens (tertiary/aromatic N) is 1. The van der Waals surface area contributed by atoms with E-state index in [0.29, 0.717) is 24.6 Å². The van der Waals surface area contributed by atoms with E-state index < -0.39 is 0 Å². The Bertz CT molecular complexity index is 835. The average Bonchev–Trinajstić information content (AvgIpc) is 3.31. The third kappa shape index (κ3) is 3.14. The highest BCUT2D eigenvalue weighted by Crippen LogP contribution is 2.37. The zero-order chi connectivity index (χ0) is 18.1. The van der Waals surface area contributed by atoms with Gasteiger partial charge in [-0.1, -0.05) is 12.1 Å². The minimum absolute atomic E-state index is 0.0766. The van der Waals surface area contributed by atoms with Crippen molar-refractivity contribution in [3.63, 3.8) is 0 Å². The Hall–Kier alpha value is -2.89. The fourth-order valence-corrected chi connectivity index (χ4v) is 3.54. The first-order chi connectivity index (χ1) is 12.6. The number of fused-ring (bicyclic) bond motifs is 1. The molecule has 1 unspecified atom stereocenters. The van der Waals surface area contributed by atoms with Gasteiger partial charge in [0.15, 0.2) is 23.0 Å². The molecule has 1 saturated heterocycles. The third-order valence-corrected chi connectivity index (χ3v) is 5.01. The number of phenols is 1. The molecule has 26 heavy (non-hydrogen) atoms. The normalized spacial score (nSPS) is 18.2. The molecule has 0 saturated carbocycles. The molecule has 2 aromatic carbocycles. The number of hydrogen-bond acceptors (Lipinski definition) is 5. The molecule has 4 rings (SSSR count). The smallest absolute Gasteiger partial charge is 0.231 e. The van der Waals surface area contributed by atoms with Crippen molar-refractivity contribution in [3.8, 4) is 23.0 Å². The van der Waals surface area contributed by atoms with E-state index in [-0.39, 0.29) is 18.4 Å². The van der Waals surface area contributed by atoms with Crippen LogP contribution in [-0.4, -0.2) is 42.9 Å². The molecule has 0 bridgehead atoms. The van der Waals surface area contributed by atoms with Gasteiger partial charge in [0, 0.05) is 19.0 Å². The van der Waals surface area contributed by atoms with E-state index in [1.54, 1.807) is 18.2 Å². The quantitative estimate of drug-likeness (QED) is 0.913. The molecule has 0 spiro atoms. The van der Waals surface area contributed by atoms with Gasteiger partial charge in [-0.3, -0.25) is 4.79 Å². The van der Waals surface area contributed by atoms with Crippen LogP contribution in [0, 0.1) is 0 Å². The molecule has 0 radical (unpaired) electrons. The Balaban J connectivity index is 1.41. The zero-order valence-corrected chi connectivity index (χ0v) is 14.6. The maximum absolute atomic E-state index is 12.6. The second-order valence-electron chi connectivity index (χ2n) is 6.62. The van der Waals surface area contributed by atoms with E-state index in [1.807, 2.05) is 17.0 Å². The molecule has 6 heteroatoms. The lowest BCUT2D eigenvalue weighted by Crippen LogP contribution is -2.29. The highest BCUT2D eigenvalue weighted by atomic mass is 16.7. The Morgan fingerprint density at radius 2 is 2.08 bits per heavy atom. The van der Waals surface area contributed by atoms with Crippen molar-refractivity contribution in [1.82, 2.24) is 4.90 Å². The SMILES string of the molecule is COc1cc(CC(=O)N2CCC(c3ccc4c(c3)OCO4)C2)ccc1O. The van der Waals surface area contributed by atoms with Gasteiger partial charge in [-0.05, 0) is 41.8 Å². The summed E-state index contributed by atoms with van der Waals surface area (Å²) < 4.78 is 15.9. The number of aromatic hydroxyl groups is 1. The van der Waals surface area contributed by atoms with E-state index >= 15 is 0 Å². The molecule has 2 aliphatic heterocycles. The number of ether oxygens (including phenoxy) is 3. The second-order valence-corrected chi connectivity index (χ2v) is 6.62. The summed E-state index contributed by atoms with van der Waals surface area (Å²) in [6.45, 7) is 1.71. The predicted octanol–water partition coefficient (Wildman–Crippen LogP) is 2.69. The number of hydrogen-bond donors (Lipinski definition) is 1. The van der Waals surface area contributed by atoms with Crippen molar-refractivity contribution in [2.24, 2.45) is 0 Å². The summed E-state index contributed by atoms with van der Waals surface area (Å²) in [7, 11) is 1.50. The summed E-state index contributed by atoms with van der Waals surface area (Å²) in [5.41, 5.74) is 2.01. The van der Waals surface area contributed by atoms with Crippen LogP contribution in [0.4, 0.5) is 0 Å². The predicted molar refractivity (Wildman–Crippen MR) is 94.9 cm³/mol. The van der Waals surface area contributed by atoms with E-state index in [1.165, 1.54) is 12.7 Å². The third-order valence-electron chi connectivity index (χ3n) is 5.01. The van der Waals surface area contributed by atoms with Crippen molar-refractivity contribution < 1.29 is 24.1 Å². The van der Waals surface area contributed by atoms with Crippen LogP contribution in [0.25, 0.3) is 0 Å². The van der Waals surface area contributed by atoms with Crippen molar-refractivity contribution in [2.75, 3.05) is 27.0 Å². The summed E-state index contributed by atoms with van der Waals surface area (Å²) in [6, 6.07) is 11.0. The molecule has 1 amide bonds. The number of amides is 1. The minimum Gasteiger partial charge on any atom is -0.504 e. The summed E-state index contributed by atoms with van der Waals surface area (Å²) in [5, 5.41) is 9.67. The van der Waals surface area contributed by atoms with E-state index in [4.69, 9.17) is 14.2 Å². The Morgan fingerprint density at radius 1 is 1.23 bits per heavy atom. The highest BCUT2D eigenvalue weighted by Gasteiger charge is 2.28. The van der Waals surface area contributed by atoms with Crippen molar-refractivity contribution in [1.29, 1.82) is 0 Å². The topological polar surface area (TPSA) is 68.2 Å². The average molecular weight is 355 g/mol. The van der Waals surface area contributed by atoms with Crippen LogP contribution in [0.5, 0.6) is 23.0 Å². The maximum atomic E-state index is 12.6. The fourth-order valence-electron chi connectivity index (χ4n) is 3.54. The van der Waals surface area contributed by atoms with E-state index in [9.17, 15) is 9.90 Å².